The fourth-order valence-corrected chi connectivity index (χ4v) is 2.38. The Kier molecular flexibility index (Phi) is 4.73. The zero-order valence-corrected chi connectivity index (χ0v) is 13.1. The van der Waals surface area contributed by atoms with Crippen molar-refractivity contribution in [1.29, 1.82) is 0 Å². The molecule has 0 saturated carbocycles. The highest BCUT2D eigenvalue weighted by Crippen LogP contribution is 2.20. The molecule has 1 aromatic rings. The second-order valence-electron chi connectivity index (χ2n) is 6.28. The number of ether oxygens (including phenoxy) is 2. The molecule has 2 rings (SSSR count). The van der Waals surface area contributed by atoms with Crippen LogP contribution in [0.15, 0.2) is 30.3 Å². The number of likely N-dealkylation sites (tertiary alicyclic amines) is 1. The van der Waals surface area contributed by atoms with Crippen LogP contribution in [0, 0.1) is 0 Å². The SMILES string of the molecule is COC1CN(C(=O)OC(C)(C)C)CC1Nc1ccccc1. The number of anilines is 1. The molecule has 0 bridgehead atoms. The number of para-hydroxylation sites is 1. The summed E-state index contributed by atoms with van der Waals surface area (Å²) < 4.78 is 10.9. The van der Waals surface area contributed by atoms with Crippen LogP contribution >= 0.6 is 0 Å². The number of carbonyl (C=O) groups excluding carboxylic acids is 1. The van der Waals surface area contributed by atoms with Crippen molar-refractivity contribution in [2.24, 2.45) is 0 Å². The van der Waals surface area contributed by atoms with Gasteiger partial charge in [0.15, 0.2) is 0 Å². The first kappa shape index (κ1) is 15.6. The van der Waals surface area contributed by atoms with Crippen LogP contribution in [0.25, 0.3) is 0 Å². The summed E-state index contributed by atoms with van der Waals surface area (Å²) in [6, 6.07) is 9.99. The van der Waals surface area contributed by atoms with Crippen LogP contribution in [0.3, 0.4) is 0 Å². The molecule has 5 heteroatoms. The van der Waals surface area contributed by atoms with Crippen LogP contribution in [-0.2, 0) is 9.47 Å². The highest BCUT2D eigenvalue weighted by Gasteiger charge is 2.37. The Morgan fingerprint density at radius 1 is 1.24 bits per heavy atom. The summed E-state index contributed by atoms with van der Waals surface area (Å²) in [6.07, 6.45) is -0.334. The second-order valence-corrected chi connectivity index (χ2v) is 6.28. The van der Waals surface area contributed by atoms with Gasteiger partial charge in [-0.05, 0) is 32.9 Å². The van der Waals surface area contributed by atoms with Gasteiger partial charge in [0.05, 0.1) is 18.7 Å². The molecule has 1 amide bonds. The first-order valence-electron chi connectivity index (χ1n) is 7.21. The minimum absolute atomic E-state index is 0.0438. The molecule has 5 nitrogen and oxygen atoms in total. The molecule has 0 radical (unpaired) electrons. The van der Waals surface area contributed by atoms with E-state index in [0.717, 1.165) is 5.69 Å². The average molecular weight is 292 g/mol. The van der Waals surface area contributed by atoms with Crippen molar-refractivity contribution in [2.45, 2.75) is 38.5 Å². The van der Waals surface area contributed by atoms with Gasteiger partial charge in [0.25, 0.3) is 0 Å². The quantitative estimate of drug-likeness (QED) is 0.930. The normalized spacial score (nSPS) is 22.2. The Morgan fingerprint density at radius 2 is 1.90 bits per heavy atom. The summed E-state index contributed by atoms with van der Waals surface area (Å²) in [5.74, 6) is 0. The van der Waals surface area contributed by atoms with E-state index in [1.165, 1.54) is 0 Å². The Morgan fingerprint density at radius 3 is 2.48 bits per heavy atom. The fourth-order valence-electron chi connectivity index (χ4n) is 2.38. The van der Waals surface area contributed by atoms with Gasteiger partial charge < -0.3 is 19.7 Å². The van der Waals surface area contributed by atoms with E-state index >= 15 is 0 Å². The van der Waals surface area contributed by atoms with Crippen molar-refractivity contribution in [3.63, 3.8) is 0 Å². The number of benzene rings is 1. The number of amides is 1. The summed E-state index contributed by atoms with van der Waals surface area (Å²) in [5, 5.41) is 3.42. The van der Waals surface area contributed by atoms with Gasteiger partial charge in [0, 0.05) is 19.3 Å². The highest BCUT2D eigenvalue weighted by molar-refractivity contribution is 5.69. The number of methoxy groups -OCH3 is 1. The van der Waals surface area contributed by atoms with Crippen LogP contribution < -0.4 is 5.32 Å². The number of hydrogen-bond acceptors (Lipinski definition) is 4. The maximum absolute atomic E-state index is 12.1. The third kappa shape index (κ3) is 4.36. The van der Waals surface area contributed by atoms with E-state index in [1.807, 2.05) is 51.1 Å². The van der Waals surface area contributed by atoms with Gasteiger partial charge >= 0.3 is 6.09 Å². The Hall–Kier alpha value is -1.75. The molecule has 116 valence electrons. The molecule has 0 aliphatic carbocycles. The lowest BCUT2D eigenvalue weighted by Crippen LogP contribution is -2.36. The van der Waals surface area contributed by atoms with Gasteiger partial charge in [-0.25, -0.2) is 4.79 Å². The summed E-state index contributed by atoms with van der Waals surface area (Å²) in [6.45, 7) is 6.72. The van der Waals surface area contributed by atoms with Gasteiger partial charge in [-0.2, -0.15) is 0 Å². The van der Waals surface area contributed by atoms with E-state index in [4.69, 9.17) is 9.47 Å². The number of nitrogens with zero attached hydrogens (tertiary/aromatic N) is 1. The second kappa shape index (κ2) is 6.35. The topological polar surface area (TPSA) is 50.8 Å². The van der Waals surface area contributed by atoms with Crippen molar-refractivity contribution in [3.8, 4) is 0 Å². The summed E-state index contributed by atoms with van der Waals surface area (Å²) >= 11 is 0. The third-order valence-electron chi connectivity index (χ3n) is 3.35. The number of carbonyl (C=O) groups is 1. The van der Waals surface area contributed by atoms with E-state index in [1.54, 1.807) is 12.0 Å². The van der Waals surface area contributed by atoms with E-state index in [2.05, 4.69) is 5.32 Å². The van der Waals surface area contributed by atoms with Crippen LogP contribution in [0.4, 0.5) is 10.5 Å². The van der Waals surface area contributed by atoms with E-state index in [9.17, 15) is 4.79 Å². The van der Waals surface area contributed by atoms with Crippen molar-refractivity contribution in [3.05, 3.63) is 30.3 Å². The number of nitrogens with one attached hydrogen (secondary N) is 1. The number of hydrogen-bond donors (Lipinski definition) is 1. The number of rotatable bonds is 3. The predicted octanol–water partition coefficient (Wildman–Crippen LogP) is 2.73. The molecule has 1 aromatic carbocycles. The lowest BCUT2D eigenvalue weighted by atomic mass is 10.2. The van der Waals surface area contributed by atoms with Crippen LogP contribution in [-0.4, -0.2) is 48.9 Å². The molecule has 1 aliphatic rings. The largest absolute Gasteiger partial charge is 0.444 e. The maximum atomic E-state index is 12.1. The van der Waals surface area contributed by atoms with E-state index in [0.29, 0.717) is 13.1 Å². The van der Waals surface area contributed by atoms with Gasteiger partial charge in [-0.3, -0.25) is 0 Å². The zero-order valence-electron chi connectivity index (χ0n) is 13.1. The molecule has 1 aliphatic heterocycles. The molecule has 0 aromatic heterocycles. The van der Waals surface area contributed by atoms with Crippen molar-refractivity contribution < 1.29 is 14.3 Å². The summed E-state index contributed by atoms with van der Waals surface area (Å²) in [4.78, 5) is 13.8. The Bertz CT molecular complexity index is 470. The van der Waals surface area contributed by atoms with E-state index in [-0.39, 0.29) is 18.2 Å². The lowest BCUT2D eigenvalue weighted by molar-refractivity contribution is 0.0252. The van der Waals surface area contributed by atoms with Gasteiger partial charge in [0.2, 0.25) is 0 Å². The van der Waals surface area contributed by atoms with Crippen LogP contribution in [0.2, 0.25) is 0 Å². The first-order valence-corrected chi connectivity index (χ1v) is 7.21. The zero-order chi connectivity index (χ0) is 15.5. The molecule has 1 fully saturated rings. The summed E-state index contributed by atoms with van der Waals surface area (Å²) in [5.41, 5.74) is 0.542. The average Bonchev–Trinajstić information content (AvgIpc) is 2.81. The van der Waals surface area contributed by atoms with Crippen molar-refractivity contribution in [1.82, 2.24) is 4.90 Å². The van der Waals surface area contributed by atoms with Gasteiger partial charge in [-0.15, -0.1) is 0 Å². The van der Waals surface area contributed by atoms with Crippen molar-refractivity contribution in [2.75, 3.05) is 25.5 Å². The molecule has 2 atom stereocenters. The minimum Gasteiger partial charge on any atom is -0.444 e. The standard InChI is InChI=1S/C16H24N2O3/c1-16(2,3)21-15(19)18-10-13(14(11-18)20-4)17-12-8-6-5-7-9-12/h5-9,13-14,17H,10-11H2,1-4H3. The maximum Gasteiger partial charge on any atom is 0.410 e. The monoisotopic (exact) mass is 292 g/mol. The molecular formula is C16H24N2O3. The third-order valence-corrected chi connectivity index (χ3v) is 3.35. The minimum atomic E-state index is -0.482. The highest BCUT2D eigenvalue weighted by atomic mass is 16.6. The molecule has 2 unspecified atom stereocenters. The smallest absolute Gasteiger partial charge is 0.410 e. The molecule has 1 heterocycles. The van der Waals surface area contributed by atoms with Crippen LogP contribution in [0.1, 0.15) is 20.8 Å². The molecule has 21 heavy (non-hydrogen) atoms. The van der Waals surface area contributed by atoms with E-state index < -0.39 is 5.60 Å². The van der Waals surface area contributed by atoms with Crippen LogP contribution in [0.5, 0.6) is 0 Å². The van der Waals surface area contributed by atoms with Crippen molar-refractivity contribution >= 4 is 11.8 Å². The summed E-state index contributed by atoms with van der Waals surface area (Å²) in [7, 11) is 1.67. The molecule has 0 spiro atoms. The Balaban J connectivity index is 1.99. The first-order chi connectivity index (χ1) is 9.89. The van der Waals surface area contributed by atoms with Gasteiger partial charge in [0.1, 0.15) is 5.60 Å². The molecule has 1 saturated heterocycles. The van der Waals surface area contributed by atoms with Gasteiger partial charge in [-0.1, -0.05) is 18.2 Å². The lowest BCUT2D eigenvalue weighted by Gasteiger charge is -2.24. The molecular weight excluding hydrogens is 268 g/mol. The predicted molar refractivity (Wildman–Crippen MR) is 82.5 cm³/mol. The Labute approximate surface area is 126 Å². The fraction of sp³-hybridized carbons (Fsp3) is 0.562. The molecule has 1 N–H and O–H groups in total.